The maximum atomic E-state index is 8.35. The summed E-state index contributed by atoms with van der Waals surface area (Å²) in [5, 5.41) is 1.72. The largest absolute Gasteiger partial charge is 0.333 e. The quantitative estimate of drug-likeness (QED) is 0.142. The number of benzene rings is 6. The molecule has 0 saturated carbocycles. The molecule has 299 valence electrons. The second-order valence-electron chi connectivity index (χ2n) is 15.5. The molecular formula is C54H51IrN3S-2. The van der Waals surface area contributed by atoms with Crippen LogP contribution in [0.3, 0.4) is 0 Å². The van der Waals surface area contributed by atoms with Crippen molar-refractivity contribution in [2.24, 2.45) is 5.92 Å². The van der Waals surface area contributed by atoms with E-state index in [0.29, 0.717) is 16.8 Å². The molecule has 3 aromatic heterocycles. The summed E-state index contributed by atoms with van der Waals surface area (Å²) in [6.07, 6.45) is -0.491. The summed E-state index contributed by atoms with van der Waals surface area (Å²) in [4.78, 5) is 9.44. The number of hydrogen-bond donors (Lipinski definition) is 0. The molecule has 59 heavy (non-hydrogen) atoms. The van der Waals surface area contributed by atoms with Crippen molar-refractivity contribution in [1.82, 2.24) is 14.5 Å². The maximum absolute atomic E-state index is 8.35. The predicted octanol–water partition coefficient (Wildman–Crippen LogP) is 15.1. The number of aryl methyl sites for hydroxylation is 2. The monoisotopic (exact) mass is 974 g/mol. The van der Waals surface area contributed by atoms with Crippen LogP contribution in [0.1, 0.15) is 92.2 Å². The van der Waals surface area contributed by atoms with Crippen molar-refractivity contribution in [3.8, 4) is 39.5 Å². The van der Waals surface area contributed by atoms with E-state index >= 15 is 0 Å². The summed E-state index contributed by atoms with van der Waals surface area (Å²) in [6.45, 7) is 7.80. The van der Waals surface area contributed by atoms with Gasteiger partial charge in [-0.15, -0.1) is 53.6 Å². The van der Waals surface area contributed by atoms with Crippen LogP contribution in [0, 0.1) is 31.8 Å². The SMILES string of the molecule is [2H]C([2H])([2H])c1c[c-]c(-c2nc3ccccc3n2-c2c(C(C)C)cc(-c3ccccc3)cc2C(C)C)c2sc3ccccc3c12.[2H]C([2H])([2H])c1cnc(-c2[c-]cccc2)cc1C([2H])([2H])C(C)C.[Ir]. The minimum absolute atomic E-state index is 0. The molecule has 9 aromatic rings. The number of hydrogen-bond acceptors (Lipinski definition) is 3. The molecule has 0 bridgehead atoms. The minimum Gasteiger partial charge on any atom is -0.333 e. The van der Waals surface area contributed by atoms with E-state index in [-0.39, 0.29) is 49.0 Å². The van der Waals surface area contributed by atoms with E-state index < -0.39 is 20.1 Å². The van der Waals surface area contributed by atoms with Crippen LogP contribution >= 0.6 is 11.3 Å². The van der Waals surface area contributed by atoms with Gasteiger partial charge in [0, 0.05) is 47.7 Å². The molecule has 0 aliphatic carbocycles. The van der Waals surface area contributed by atoms with Crippen LogP contribution in [0.2, 0.25) is 0 Å². The summed E-state index contributed by atoms with van der Waals surface area (Å²) in [5.74, 6) is 0.901. The number of fused-ring (bicyclic) bond motifs is 4. The summed E-state index contributed by atoms with van der Waals surface area (Å²) >= 11 is 1.61. The van der Waals surface area contributed by atoms with Crippen LogP contribution in [-0.4, -0.2) is 14.5 Å². The van der Waals surface area contributed by atoms with Gasteiger partial charge in [-0.2, -0.15) is 11.3 Å². The van der Waals surface area contributed by atoms with E-state index in [1.165, 1.54) is 34.5 Å². The Morgan fingerprint density at radius 3 is 2.14 bits per heavy atom. The third-order valence-corrected chi connectivity index (χ3v) is 11.5. The summed E-state index contributed by atoms with van der Waals surface area (Å²) < 4.78 is 68.7. The van der Waals surface area contributed by atoms with E-state index in [1.807, 2.05) is 42.5 Å². The number of para-hydroxylation sites is 2. The Morgan fingerprint density at radius 2 is 1.44 bits per heavy atom. The number of pyridine rings is 1. The van der Waals surface area contributed by atoms with Gasteiger partial charge in [-0.25, -0.2) is 0 Å². The van der Waals surface area contributed by atoms with Gasteiger partial charge in [0.15, 0.2) is 0 Å². The van der Waals surface area contributed by atoms with Gasteiger partial charge in [0.1, 0.15) is 0 Å². The first-order valence-electron chi connectivity index (χ1n) is 23.8. The van der Waals surface area contributed by atoms with Crippen LogP contribution < -0.4 is 0 Å². The van der Waals surface area contributed by atoms with Crippen molar-refractivity contribution in [2.45, 2.75) is 73.5 Å². The van der Waals surface area contributed by atoms with Crippen molar-refractivity contribution in [1.29, 1.82) is 0 Å². The van der Waals surface area contributed by atoms with Gasteiger partial charge in [0.25, 0.3) is 0 Å². The number of aromatic nitrogens is 3. The van der Waals surface area contributed by atoms with E-state index in [2.05, 4.69) is 116 Å². The average Bonchev–Trinajstić information content (AvgIpc) is 3.87. The zero-order chi connectivity index (χ0) is 47.3. The van der Waals surface area contributed by atoms with Gasteiger partial charge in [-0.3, -0.25) is 4.98 Å². The molecule has 9 rings (SSSR count). The number of nitrogens with zero attached hydrogens (tertiary/aromatic N) is 3. The average molecular weight is 974 g/mol. The molecule has 0 N–H and O–H groups in total. The molecule has 0 unspecified atom stereocenters. The van der Waals surface area contributed by atoms with E-state index in [4.69, 9.17) is 16.0 Å². The molecule has 6 aromatic carbocycles. The molecule has 0 aliphatic heterocycles. The fourth-order valence-corrected chi connectivity index (χ4v) is 8.78. The summed E-state index contributed by atoms with van der Waals surface area (Å²) in [6, 6.07) is 48.4. The Labute approximate surface area is 378 Å². The fourth-order valence-electron chi connectivity index (χ4n) is 7.56. The Kier molecular flexibility index (Phi) is 9.94. The van der Waals surface area contributed by atoms with Crippen molar-refractivity contribution in [3.63, 3.8) is 0 Å². The van der Waals surface area contributed by atoms with Crippen molar-refractivity contribution in [3.05, 3.63) is 174 Å². The third kappa shape index (κ3) is 8.48. The molecule has 1 radical (unpaired) electrons. The standard InChI is InChI=1S/C38H33N2S.C16H18N.Ir/c1-23(2)30-21-27(26-13-7-6-8-14-26)22-31(24(3)4)36(30)40-33-17-11-10-16-32(33)39-38(40)29-20-19-25(5)35-28-15-9-12-18-34(28)41-37(29)35;1-12(2)9-15-10-16(17-11-13(15)3)14-7-5-4-6-8-14;/h6-19,21-24H,1-5H3;4-7,10-12H,9H2,1-3H3;/q2*-1;/i5D3;3D3,9D2;. The number of rotatable bonds is 8. The first kappa shape index (κ1) is 32.6. The number of imidazole rings is 1. The molecule has 3 heterocycles. The van der Waals surface area contributed by atoms with Gasteiger partial charge in [-0.1, -0.05) is 132 Å². The zero-order valence-corrected chi connectivity index (χ0v) is 37.2. The smallest absolute Gasteiger partial charge is 0.0774 e. The molecule has 0 saturated heterocycles. The topological polar surface area (TPSA) is 30.7 Å². The molecule has 0 amide bonds. The van der Waals surface area contributed by atoms with Gasteiger partial charge >= 0.3 is 0 Å². The van der Waals surface area contributed by atoms with Crippen LogP contribution in [0.25, 0.3) is 70.7 Å². The number of thiophene rings is 1. The van der Waals surface area contributed by atoms with Gasteiger partial charge < -0.3 is 9.55 Å². The van der Waals surface area contributed by atoms with Crippen LogP contribution in [0.15, 0.2) is 134 Å². The Balaban J connectivity index is 0.000000245. The molecular weight excluding hydrogens is 915 g/mol. The Hall–Kier alpha value is -5.19. The normalized spacial score (nSPS) is 14.1. The fraction of sp³-hybridized carbons (Fsp3) is 0.222. The zero-order valence-electron chi connectivity index (χ0n) is 42.0. The predicted molar refractivity (Wildman–Crippen MR) is 248 cm³/mol. The molecule has 0 aliphatic rings. The van der Waals surface area contributed by atoms with Gasteiger partial charge in [0.05, 0.1) is 16.9 Å². The maximum Gasteiger partial charge on any atom is 0.0774 e. The van der Waals surface area contributed by atoms with E-state index in [9.17, 15) is 0 Å². The van der Waals surface area contributed by atoms with Crippen LogP contribution in [-0.2, 0) is 26.5 Å². The van der Waals surface area contributed by atoms with Crippen LogP contribution in [0.5, 0.6) is 0 Å². The Bertz CT molecular complexity index is 3160. The molecule has 0 atom stereocenters. The third-order valence-electron chi connectivity index (χ3n) is 10.3. The summed E-state index contributed by atoms with van der Waals surface area (Å²) in [7, 11) is 0. The molecule has 3 nitrogen and oxygen atoms in total. The van der Waals surface area contributed by atoms with E-state index in [0.717, 1.165) is 48.3 Å². The van der Waals surface area contributed by atoms with Gasteiger partial charge in [0.2, 0.25) is 0 Å². The van der Waals surface area contributed by atoms with Crippen molar-refractivity contribution in [2.75, 3.05) is 0 Å². The van der Waals surface area contributed by atoms with Crippen molar-refractivity contribution < 1.29 is 31.1 Å². The molecule has 5 heteroatoms. The second kappa shape index (κ2) is 18.0. The molecule has 0 spiro atoms. The first-order valence-corrected chi connectivity index (χ1v) is 20.6. The summed E-state index contributed by atoms with van der Waals surface area (Å²) in [5.41, 5.74) is 10.4. The Morgan fingerprint density at radius 1 is 0.746 bits per heavy atom. The molecule has 0 fully saturated rings. The van der Waals surface area contributed by atoms with Crippen molar-refractivity contribution >= 4 is 42.5 Å². The van der Waals surface area contributed by atoms with Crippen LogP contribution in [0.4, 0.5) is 0 Å². The van der Waals surface area contributed by atoms with E-state index in [1.54, 1.807) is 37.3 Å². The first-order chi connectivity index (χ1) is 31.3. The van der Waals surface area contributed by atoms with Gasteiger partial charge in [-0.05, 0) is 105 Å². The second-order valence-corrected chi connectivity index (χ2v) is 16.6. The minimum atomic E-state index is -2.40.